The van der Waals surface area contributed by atoms with E-state index in [9.17, 15) is 4.79 Å². The molecule has 2 heterocycles. The summed E-state index contributed by atoms with van der Waals surface area (Å²) in [6, 6.07) is 9.59. The van der Waals surface area contributed by atoms with Gasteiger partial charge in [-0.05, 0) is 6.42 Å². The fraction of sp³-hybridized carbons (Fsp3) is 0.250. The van der Waals surface area contributed by atoms with Crippen molar-refractivity contribution >= 4 is 22.5 Å². The van der Waals surface area contributed by atoms with Gasteiger partial charge >= 0.3 is 6.03 Å². The van der Waals surface area contributed by atoms with E-state index in [2.05, 4.69) is 25.9 Å². The number of anilines is 1. The Kier molecular flexibility index (Phi) is 4.85. The van der Waals surface area contributed by atoms with Gasteiger partial charge in [-0.3, -0.25) is 10.00 Å². The molecular weight excluding hydrogens is 324 g/mol. The Bertz CT molecular complexity index is 826. The number of nitrogens with one attached hydrogen (secondary N) is 2. The summed E-state index contributed by atoms with van der Waals surface area (Å²) in [5, 5.41) is 19.3. The summed E-state index contributed by atoms with van der Waals surface area (Å²) in [5.74, 6) is 0. The van der Waals surface area contributed by atoms with Gasteiger partial charge in [0.1, 0.15) is 5.01 Å². The predicted molar refractivity (Wildman–Crippen MR) is 93.8 cm³/mol. The number of aryl methyl sites for hydroxylation is 2. The lowest BCUT2D eigenvalue weighted by atomic mass is 10.1. The van der Waals surface area contributed by atoms with E-state index in [1.54, 1.807) is 4.68 Å². The molecule has 0 unspecified atom stereocenters. The maximum absolute atomic E-state index is 12.0. The Morgan fingerprint density at radius 3 is 2.75 bits per heavy atom. The van der Waals surface area contributed by atoms with Crippen molar-refractivity contribution in [2.24, 2.45) is 7.05 Å². The zero-order chi connectivity index (χ0) is 16.9. The van der Waals surface area contributed by atoms with E-state index in [0.29, 0.717) is 11.7 Å². The van der Waals surface area contributed by atoms with Crippen LogP contribution in [-0.4, -0.2) is 26.0 Å². The molecule has 0 aliphatic rings. The predicted octanol–water partition coefficient (Wildman–Crippen LogP) is 2.82. The van der Waals surface area contributed by atoms with Crippen LogP contribution in [0.5, 0.6) is 0 Å². The Hall–Kier alpha value is -2.74. The quantitative estimate of drug-likeness (QED) is 0.747. The van der Waals surface area contributed by atoms with Crippen LogP contribution in [0.2, 0.25) is 0 Å². The van der Waals surface area contributed by atoms with Crippen molar-refractivity contribution in [2.75, 3.05) is 5.32 Å². The van der Waals surface area contributed by atoms with Crippen LogP contribution < -0.4 is 10.6 Å². The molecule has 0 aliphatic carbocycles. The summed E-state index contributed by atoms with van der Waals surface area (Å²) in [6.45, 7) is 2.38. The lowest BCUT2D eigenvalue weighted by Crippen LogP contribution is -2.28. The molecule has 3 rings (SSSR count). The second-order valence-corrected chi connectivity index (χ2v) is 6.27. The molecule has 7 nitrogen and oxygen atoms in total. The van der Waals surface area contributed by atoms with E-state index >= 15 is 0 Å². The molecule has 1 aromatic carbocycles. The van der Waals surface area contributed by atoms with E-state index in [1.807, 2.05) is 50.5 Å². The van der Waals surface area contributed by atoms with Crippen molar-refractivity contribution in [1.82, 2.24) is 25.3 Å². The van der Waals surface area contributed by atoms with Crippen molar-refractivity contribution in [3.8, 4) is 11.3 Å². The lowest BCUT2D eigenvalue weighted by molar-refractivity contribution is 0.251. The van der Waals surface area contributed by atoms with Crippen LogP contribution in [0.25, 0.3) is 11.3 Å². The summed E-state index contributed by atoms with van der Waals surface area (Å²) in [7, 11) is 1.86. The molecule has 24 heavy (non-hydrogen) atoms. The molecule has 0 saturated heterocycles. The number of carbonyl (C=O) groups is 1. The van der Waals surface area contributed by atoms with Gasteiger partial charge in [0, 0.05) is 30.9 Å². The highest BCUT2D eigenvalue weighted by Crippen LogP contribution is 2.21. The van der Waals surface area contributed by atoms with E-state index in [1.165, 1.54) is 11.3 Å². The van der Waals surface area contributed by atoms with Crippen LogP contribution in [0.15, 0.2) is 36.5 Å². The van der Waals surface area contributed by atoms with Crippen LogP contribution in [-0.2, 0) is 20.0 Å². The first kappa shape index (κ1) is 16.1. The zero-order valence-electron chi connectivity index (χ0n) is 13.5. The van der Waals surface area contributed by atoms with Crippen molar-refractivity contribution < 1.29 is 4.79 Å². The smallest absolute Gasteiger partial charge is 0.321 e. The average molecular weight is 342 g/mol. The number of hydrogen-bond donors (Lipinski definition) is 2. The zero-order valence-corrected chi connectivity index (χ0v) is 14.3. The number of benzene rings is 1. The molecule has 2 aromatic heterocycles. The first-order valence-corrected chi connectivity index (χ1v) is 8.42. The molecule has 124 valence electrons. The van der Waals surface area contributed by atoms with Crippen LogP contribution >= 0.6 is 11.3 Å². The number of nitrogens with zero attached hydrogens (tertiary/aromatic N) is 4. The molecule has 2 amide bonds. The fourth-order valence-corrected chi connectivity index (χ4v) is 2.94. The minimum absolute atomic E-state index is 0.309. The lowest BCUT2D eigenvalue weighted by Gasteiger charge is -2.05. The molecule has 0 saturated carbocycles. The second-order valence-electron chi connectivity index (χ2n) is 5.20. The first-order chi connectivity index (χ1) is 11.7. The third-order valence-corrected chi connectivity index (χ3v) is 4.36. The topological polar surface area (TPSA) is 84.7 Å². The molecule has 8 heteroatoms. The summed E-state index contributed by atoms with van der Waals surface area (Å²) < 4.78 is 1.75. The largest absolute Gasteiger partial charge is 0.334 e. The van der Waals surface area contributed by atoms with Gasteiger partial charge in [0.25, 0.3) is 0 Å². The maximum Gasteiger partial charge on any atom is 0.321 e. The average Bonchev–Trinajstić information content (AvgIpc) is 3.20. The van der Waals surface area contributed by atoms with E-state index in [4.69, 9.17) is 0 Å². The van der Waals surface area contributed by atoms with Gasteiger partial charge in [-0.2, -0.15) is 5.10 Å². The minimum atomic E-state index is -0.309. The van der Waals surface area contributed by atoms with E-state index in [0.717, 1.165) is 28.2 Å². The standard InChI is InChI=1S/C16H18N6OS/c1-3-13-19-20-16(24-13)18-15(23)17-9-12-10-22(2)21-14(12)11-7-5-4-6-8-11/h4-8,10H,3,9H2,1-2H3,(H2,17,18,20,23). The number of urea groups is 1. The molecule has 3 aromatic rings. The van der Waals surface area contributed by atoms with Crippen LogP contribution in [0.1, 0.15) is 17.5 Å². The highest BCUT2D eigenvalue weighted by atomic mass is 32.1. The van der Waals surface area contributed by atoms with Crippen LogP contribution in [0, 0.1) is 0 Å². The Morgan fingerprint density at radius 1 is 1.25 bits per heavy atom. The summed E-state index contributed by atoms with van der Waals surface area (Å²) in [4.78, 5) is 12.0. The molecule has 2 N–H and O–H groups in total. The van der Waals surface area contributed by atoms with Gasteiger partial charge in [-0.15, -0.1) is 10.2 Å². The third-order valence-electron chi connectivity index (χ3n) is 3.38. The van der Waals surface area contributed by atoms with Gasteiger partial charge in [0.05, 0.1) is 5.69 Å². The number of hydrogen-bond acceptors (Lipinski definition) is 5. The first-order valence-electron chi connectivity index (χ1n) is 7.61. The monoisotopic (exact) mass is 342 g/mol. The van der Waals surface area contributed by atoms with Gasteiger partial charge in [0.2, 0.25) is 5.13 Å². The number of rotatable bonds is 5. The van der Waals surface area contributed by atoms with E-state index < -0.39 is 0 Å². The summed E-state index contributed by atoms with van der Waals surface area (Å²) in [6.07, 6.45) is 2.71. The van der Waals surface area contributed by atoms with Gasteiger partial charge < -0.3 is 5.32 Å². The van der Waals surface area contributed by atoms with Crippen molar-refractivity contribution in [2.45, 2.75) is 19.9 Å². The molecule has 0 atom stereocenters. The minimum Gasteiger partial charge on any atom is -0.334 e. The van der Waals surface area contributed by atoms with E-state index in [-0.39, 0.29) is 6.03 Å². The summed E-state index contributed by atoms with van der Waals surface area (Å²) >= 11 is 1.38. The molecule has 0 fully saturated rings. The third kappa shape index (κ3) is 3.77. The highest BCUT2D eigenvalue weighted by molar-refractivity contribution is 7.15. The summed E-state index contributed by atoms with van der Waals surface area (Å²) in [5.41, 5.74) is 2.83. The van der Waals surface area contributed by atoms with Gasteiger partial charge in [-0.25, -0.2) is 4.79 Å². The number of carbonyl (C=O) groups excluding carboxylic acids is 1. The number of amides is 2. The highest BCUT2D eigenvalue weighted by Gasteiger charge is 2.12. The van der Waals surface area contributed by atoms with Gasteiger partial charge in [0.15, 0.2) is 0 Å². The molecule has 0 spiro atoms. The van der Waals surface area contributed by atoms with Crippen LogP contribution in [0.3, 0.4) is 0 Å². The van der Waals surface area contributed by atoms with Gasteiger partial charge in [-0.1, -0.05) is 48.6 Å². The van der Waals surface area contributed by atoms with Crippen molar-refractivity contribution in [3.05, 3.63) is 47.1 Å². The Labute approximate surface area is 143 Å². The SMILES string of the molecule is CCc1nnc(NC(=O)NCc2cn(C)nc2-c2ccccc2)s1. The van der Waals surface area contributed by atoms with Crippen molar-refractivity contribution in [3.63, 3.8) is 0 Å². The fourth-order valence-electron chi connectivity index (χ4n) is 2.27. The number of aromatic nitrogens is 4. The maximum atomic E-state index is 12.0. The Morgan fingerprint density at radius 2 is 2.04 bits per heavy atom. The molecule has 0 bridgehead atoms. The Balaban J connectivity index is 1.65. The molecule has 0 aliphatic heterocycles. The van der Waals surface area contributed by atoms with Crippen LogP contribution in [0.4, 0.5) is 9.93 Å². The second kappa shape index (κ2) is 7.22. The molecular formula is C16H18N6OS. The van der Waals surface area contributed by atoms with Crippen molar-refractivity contribution in [1.29, 1.82) is 0 Å². The molecule has 0 radical (unpaired) electrons. The normalized spacial score (nSPS) is 10.6.